The molecular formula is C14H14BrClN2O2S. The summed E-state index contributed by atoms with van der Waals surface area (Å²) in [6, 6.07) is 12.3. The van der Waals surface area contributed by atoms with Gasteiger partial charge >= 0.3 is 0 Å². The lowest BCUT2D eigenvalue weighted by molar-refractivity contribution is 0.597. The number of sulfonamides is 1. The van der Waals surface area contributed by atoms with E-state index >= 15 is 0 Å². The van der Waals surface area contributed by atoms with E-state index in [1.54, 1.807) is 12.1 Å². The first kappa shape index (κ1) is 16.5. The fourth-order valence-corrected chi connectivity index (χ4v) is 2.96. The fourth-order valence-electron chi connectivity index (χ4n) is 1.83. The number of nitrogens with one attached hydrogen (secondary N) is 1. The van der Waals surface area contributed by atoms with Gasteiger partial charge in [-0.2, -0.15) is 0 Å². The Kier molecular flexibility index (Phi) is 5.40. The molecule has 112 valence electrons. The van der Waals surface area contributed by atoms with Gasteiger partial charge < -0.3 is 5.32 Å². The molecule has 0 aliphatic rings. The van der Waals surface area contributed by atoms with Gasteiger partial charge in [-0.15, -0.1) is 0 Å². The Morgan fingerprint density at radius 3 is 2.38 bits per heavy atom. The molecule has 4 nitrogen and oxygen atoms in total. The summed E-state index contributed by atoms with van der Waals surface area (Å²) in [5.74, 6) is 0. The maximum atomic E-state index is 11.3. The Morgan fingerprint density at radius 2 is 1.76 bits per heavy atom. The molecule has 0 saturated heterocycles. The Balaban J connectivity index is 1.99. The second-order valence-corrected chi connectivity index (χ2v) is 7.37. The molecule has 2 rings (SSSR count). The number of hydrogen-bond acceptors (Lipinski definition) is 3. The molecule has 0 fully saturated rings. The van der Waals surface area contributed by atoms with Crippen LogP contribution in [-0.4, -0.2) is 8.42 Å². The van der Waals surface area contributed by atoms with Crippen LogP contribution in [0.15, 0.2) is 51.8 Å². The highest BCUT2D eigenvalue weighted by molar-refractivity contribution is 9.10. The Bertz CT molecular complexity index is 750. The lowest BCUT2D eigenvalue weighted by Crippen LogP contribution is -2.15. The van der Waals surface area contributed by atoms with Gasteiger partial charge in [0, 0.05) is 17.6 Å². The summed E-state index contributed by atoms with van der Waals surface area (Å²) in [6.07, 6.45) is 0. The standard InChI is InChI=1S/C14H14BrClN2O2S/c15-13-7-11(4-5-14(13)16)9-18-8-10-2-1-3-12(6-10)21(17,19)20/h1-7,18H,8-9H2,(H2,17,19,20). The molecule has 0 radical (unpaired) electrons. The summed E-state index contributed by atoms with van der Waals surface area (Å²) in [4.78, 5) is 0.121. The van der Waals surface area contributed by atoms with Crippen molar-refractivity contribution in [3.8, 4) is 0 Å². The third-order valence-corrected chi connectivity index (χ3v) is 4.99. The van der Waals surface area contributed by atoms with Crippen molar-refractivity contribution in [1.29, 1.82) is 0 Å². The van der Waals surface area contributed by atoms with E-state index in [0.717, 1.165) is 15.6 Å². The second kappa shape index (κ2) is 6.89. The summed E-state index contributed by atoms with van der Waals surface area (Å²) in [5, 5.41) is 9.02. The van der Waals surface area contributed by atoms with Crippen LogP contribution in [-0.2, 0) is 23.1 Å². The van der Waals surface area contributed by atoms with E-state index < -0.39 is 10.0 Å². The molecule has 2 aromatic rings. The predicted molar refractivity (Wildman–Crippen MR) is 87.5 cm³/mol. The van der Waals surface area contributed by atoms with E-state index in [1.165, 1.54) is 6.07 Å². The number of primary sulfonamides is 1. The number of halogens is 2. The lowest BCUT2D eigenvalue weighted by Gasteiger charge is -2.07. The van der Waals surface area contributed by atoms with Crippen LogP contribution in [0.3, 0.4) is 0 Å². The number of rotatable bonds is 5. The molecule has 0 aromatic heterocycles. The van der Waals surface area contributed by atoms with Crippen molar-refractivity contribution < 1.29 is 8.42 Å². The minimum atomic E-state index is -3.66. The van der Waals surface area contributed by atoms with Crippen molar-refractivity contribution in [2.75, 3.05) is 0 Å². The van der Waals surface area contributed by atoms with Gasteiger partial charge in [0.05, 0.1) is 9.92 Å². The second-order valence-electron chi connectivity index (χ2n) is 4.54. The average molecular weight is 390 g/mol. The van der Waals surface area contributed by atoms with Gasteiger partial charge in [0.25, 0.3) is 0 Å². The van der Waals surface area contributed by atoms with Gasteiger partial charge in [0.2, 0.25) is 10.0 Å². The first-order valence-corrected chi connectivity index (χ1v) is 8.84. The topological polar surface area (TPSA) is 72.2 Å². The van der Waals surface area contributed by atoms with Gasteiger partial charge in [-0.25, -0.2) is 13.6 Å². The molecule has 0 spiro atoms. The first-order valence-electron chi connectivity index (χ1n) is 6.12. The van der Waals surface area contributed by atoms with E-state index in [0.29, 0.717) is 18.1 Å². The van der Waals surface area contributed by atoms with Crippen LogP contribution in [0.5, 0.6) is 0 Å². The molecule has 0 unspecified atom stereocenters. The van der Waals surface area contributed by atoms with Crippen molar-refractivity contribution in [1.82, 2.24) is 5.32 Å². The zero-order valence-corrected chi connectivity index (χ0v) is 14.2. The van der Waals surface area contributed by atoms with Gasteiger partial charge in [0.15, 0.2) is 0 Å². The normalized spacial score (nSPS) is 11.6. The quantitative estimate of drug-likeness (QED) is 0.825. The van der Waals surface area contributed by atoms with E-state index in [9.17, 15) is 8.42 Å². The van der Waals surface area contributed by atoms with Gasteiger partial charge in [-0.05, 0) is 51.3 Å². The third kappa shape index (κ3) is 4.79. The summed E-state index contributed by atoms with van der Waals surface area (Å²) < 4.78 is 23.4. The first-order chi connectivity index (χ1) is 9.86. The minimum Gasteiger partial charge on any atom is -0.309 e. The summed E-state index contributed by atoms with van der Waals surface area (Å²) in [7, 11) is -3.66. The molecule has 0 heterocycles. The highest BCUT2D eigenvalue weighted by Crippen LogP contribution is 2.23. The molecule has 0 bridgehead atoms. The van der Waals surface area contributed by atoms with Gasteiger partial charge in [0.1, 0.15) is 0 Å². The van der Waals surface area contributed by atoms with E-state index in [1.807, 2.05) is 24.3 Å². The highest BCUT2D eigenvalue weighted by atomic mass is 79.9. The lowest BCUT2D eigenvalue weighted by atomic mass is 10.2. The third-order valence-electron chi connectivity index (χ3n) is 2.87. The number of hydrogen-bond donors (Lipinski definition) is 2. The van der Waals surface area contributed by atoms with Crippen LogP contribution in [0.4, 0.5) is 0 Å². The minimum absolute atomic E-state index is 0.121. The van der Waals surface area contributed by atoms with Crippen LogP contribution < -0.4 is 10.5 Å². The Labute approximate surface area is 137 Å². The van der Waals surface area contributed by atoms with Crippen LogP contribution in [0.2, 0.25) is 5.02 Å². The van der Waals surface area contributed by atoms with Crippen LogP contribution in [0.25, 0.3) is 0 Å². The van der Waals surface area contributed by atoms with E-state index in [-0.39, 0.29) is 4.90 Å². The predicted octanol–water partition coefficient (Wildman–Crippen LogP) is 3.04. The van der Waals surface area contributed by atoms with Crippen molar-refractivity contribution in [3.63, 3.8) is 0 Å². The summed E-state index contributed by atoms with van der Waals surface area (Å²) in [6.45, 7) is 1.19. The van der Waals surface area contributed by atoms with Crippen molar-refractivity contribution in [2.45, 2.75) is 18.0 Å². The monoisotopic (exact) mass is 388 g/mol. The smallest absolute Gasteiger partial charge is 0.238 e. The molecular weight excluding hydrogens is 376 g/mol. The number of nitrogens with two attached hydrogens (primary N) is 1. The van der Waals surface area contributed by atoms with E-state index in [2.05, 4.69) is 21.2 Å². The molecule has 0 atom stereocenters. The fraction of sp³-hybridized carbons (Fsp3) is 0.143. The van der Waals surface area contributed by atoms with Crippen molar-refractivity contribution in [2.24, 2.45) is 5.14 Å². The maximum absolute atomic E-state index is 11.3. The SMILES string of the molecule is NS(=O)(=O)c1cccc(CNCc2ccc(Cl)c(Br)c2)c1. The zero-order chi connectivity index (χ0) is 15.5. The average Bonchev–Trinajstić information content (AvgIpc) is 2.42. The molecule has 0 aliphatic carbocycles. The van der Waals surface area contributed by atoms with Crippen molar-refractivity contribution in [3.05, 3.63) is 63.1 Å². The molecule has 0 saturated carbocycles. The van der Waals surface area contributed by atoms with Crippen LogP contribution >= 0.6 is 27.5 Å². The molecule has 0 amide bonds. The molecule has 21 heavy (non-hydrogen) atoms. The van der Waals surface area contributed by atoms with E-state index in [4.69, 9.17) is 16.7 Å². The van der Waals surface area contributed by atoms with Gasteiger partial charge in [-0.1, -0.05) is 29.8 Å². The van der Waals surface area contributed by atoms with Crippen molar-refractivity contribution >= 4 is 37.6 Å². The molecule has 2 aromatic carbocycles. The van der Waals surface area contributed by atoms with Crippen LogP contribution in [0, 0.1) is 0 Å². The number of benzene rings is 2. The Morgan fingerprint density at radius 1 is 1.10 bits per heavy atom. The molecule has 3 N–H and O–H groups in total. The highest BCUT2D eigenvalue weighted by Gasteiger charge is 2.07. The summed E-state index contributed by atoms with van der Waals surface area (Å²) >= 11 is 9.31. The largest absolute Gasteiger partial charge is 0.309 e. The summed E-state index contributed by atoms with van der Waals surface area (Å²) in [5.41, 5.74) is 1.93. The van der Waals surface area contributed by atoms with Gasteiger partial charge in [-0.3, -0.25) is 0 Å². The molecule has 0 aliphatic heterocycles. The van der Waals surface area contributed by atoms with Crippen LogP contribution in [0.1, 0.15) is 11.1 Å². The maximum Gasteiger partial charge on any atom is 0.238 e. The Hall–Kier alpha value is -0.920. The zero-order valence-electron chi connectivity index (χ0n) is 11.0. The molecule has 7 heteroatoms.